The summed E-state index contributed by atoms with van der Waals surface area (Å²) < 4.78 is 11.4. The molecule has 0 unspecified atom stereocenters. The second-order valence-electron chi connectivity index (χ2n) is 2.86. The number of H-pyrrole nitrogens is 1. The molecule has 0 saturated carbocycles. The zero-order valence-electron chi connectivity index (χ0n) is 7.93. The predicted octanol–water partition coefficient (Wildman–Crippen LogP) is 2.95. The standard InChI is InChI=1S/C10H10BrNO2/c1-13-8-5-7-6(3-4-12-7)9(11)10(8)14-2/h3-5,12H,1-2H3. The summed E-state index contributed by atoms with van der Waals surface area (Å²) in [5.41, 5.74) is 1.02. The fourth-order valence-electron chi connectivity index (χ4n) is 1.46. The Bertz CT molecular complexity index is 464. The number of ether oxygens (including phenoxy) is 2. The van der Waals surface area contributed by atoms with Crippen LogP contribution in [0, 0.1) is 0 Å². The number of rotatable bonds is 2. The van der Waals surface area contributed by atoms with Gasteiger partial charge in [-0.3, -0.25) is 0 Å². The quantitative estimate of drug-likeness (QED) is 0.896. The minimum absolute atomic E-state index is 0.717. The van der Waals surface area contributed by atoms with Gasteiger partial charge < -0.3 is 14.5 Å². The van der Waals surface area contributed by atoms with Crippen LogP contribution in [0.3, 0.4) is 0 Å². The smallest absolute Gasteiger partial charge is 0.175 e. The van der Waals surface area contributed by atoms with Crippen LogP contribution in [0.1, 0.15) is 0 Å². The third kappa shape index (κ3) is 1.26. The summed E-state index contributed by atoms with van der Waals surface area (Å²) in [6.07, 6.45) is 1.88. The third-order valence-electron chi connectivity index (χ3n) is 2.14. The molecule has 0 atom stereocenters. The fourth-order valence-corrected chi connectivity index (χ4v) is 2.17. The van der Waals surface area contributed by atoms with Crippen LogP contribution >= 0.6 is 15.9 Å². The van der Waals surface area contributed by atoms with Crippen molar-refractivity contribution in [3.05, 3.63) is 22.8 Å². The Morgan fingerprint density at radius 3 is 2.71 bits per heavy atom. The van der Waals surface area contributed by atoms with Gasteiger partial charge in [0.15, 0.2) is 11.5 Å². The normalized spacial score (nSPS) is 10.5. The number of hydrogen-bond donors (Lipinski definition) is 1. The molecule has 4 heteroatoms. The van der Waals surface area contributed by atoms with E-state index in [2.05, 4.69) is 20.9 Å². The Balaban J connectivity index is 2.79. The Hall–Kier alpha value is -1.16. The number of halogens is 1. The molecule has 2 aromatic rings. The third-order valence-corrected chi connectivity index (χ3v) is 2.93. The van der Waals surface area contributed by atoms with Gasteiger partial charge in [-0.2, -0.15) is 0 Å². The lowest BCUT2D eigenvalue weighted by molar-refractivity contribution is 0.354. The first-order valence-electron chi connectivity index (χ1n) is 4.15. The van der Waals surface area contributed by atoms with Crippen molar-refractivity contribution in [1.82, 2.24) is 4.98 Å². The van der Waals surface area contributed by atoms with Gasteiger partial charge in [0.1, 0.15) is 0 Å². The van der Waals surface area contributed by atoms with Crippen molar-refractivity contribution in [2.75, 3.05) is 14.2 Å². The van der Waals surface area contributed by atoms with Crippen molar-refractivity contribution < 1.29 is 9.47 Å². The maximum absolute atomic E-state index is 5.26. The van der Waals surface area contributed by atoms with Gasteiger partial charge in [-0.05, 0) is 22.0 Å². The predicted molar refractivity (Wildman–Crippen MR) is 59.1 cm³/mol. The highest BCUT2D eigenvalue weighted by atomic mass is 79.9. The maximum atomic E-state index is 5.26. The molecule has 1 aromatic carbocycles. The largest absolute Gasteiger partial charge is 0.493 e. The van der Waals surface area contributed by atoms with Crippen LogP contribution in [0.5, 0.6) is 11.5 Å². The van der Waals surface area contributed by atoms with Gasteiger partial charge in [0.05, 0.1) is 24.2 Å². The molecule has 1 heterocycles. The molecule has 0 aliphatic carbocycles. The molecule has 14 heavy (non-hydrogen) atoms. The average Bonchev–Trinajstić information content (AvgIpc) is 2.65. The highest BCUT2D eigenvalue weighted by molar-refractivity contribution is 9.10. The molecular formula is C10H10BrNO2. The molecule has 2 rings (SSSR count). The van der Waals surface area contributed by atoms with Crippen molar-refractivity contribution in [2.24, 2.45) is 0 Å². The van der Waals surface area contributed by atoms with Crippen LogP contribution in [0.15, 0.2) is 22.8 Å². The topological polar surface area (TPSA) is 34.2 Å². The summed E-state index contributed by atoms with van der Waals surface area (Å²) in [6.45, 7) is 0. The molecule has 0 saturated heterocycles. The second kappa shape index (κ2) is 3.53. The first-order valence-corrected chi connectivity index (χ1v) is 4.94. The number of aromatic amines is 1. The van der Waals surface area contributed by atoms with Crippen molar-refractivity contribution in [2.45, 2.75) is 0 Å². The summed E-state index contributed by atoms with van der Waals surface area (Å²) in [5, 5.41) is 1.09. The van der Waals surface area contributed by atoms with Crippen LogP contribution in [-0.4, -0.2) is 19.2 Å². The molecule has 0 aliphatic rings. The molecule has 0 amide bonds. The summed E-state index contributed by atoms with van der Waals surface area (Å²) in [4.78, 5) is 3.12. The minimum Gasteiger partial charge on any atom is -0.493 e. The van der Waals surface area contributed by atoms with Crippen molar-refractivity contribution >= 4 is 26.8 Å². The van der Waals surface area contributed by atoms with E-state index in [1.807, 2.05) is 18.3 Å². The van der Waals surface area contributed by atoms with Crippen LogP contribution in [0.25, 0.3) is 10.9 Å². The van der Waals surface area contributed by atoms with Gasteiger partial charge in [-0.25, -0.2) is 0 Å². The number of nitrogens with one attached hydrogen (secondary N) is 1. The Morgan fingerprint density at radius 1 is 1.29 bits per heavy atom. The zero-order valence-corrected chi connectivity index (χ0v) is 9.51. The van der Waals surface area contributed by atoms with Gasteiger partial charge in [-0.15, -0.1) is 0 Å². The molecule has 1 N–H and O–H groups in total. The fraction of sp³-hybridized carbons (Fsp3) is 0.200. The lowest BCUT2D eigenvalue weighted by Gasteiger charge is -2.09. The lowest BCUT2D eigenvalue weighted by Crippen LogP contribution is -1.91. The summed E-state index contributed by atoms with van der Waals surface area (Å²) in [6, 6.07) is 3.90. The average molecular weight is 256 g/mol. The molecule has 1 aromatic heterocycles. The Morgan fingerprint density at radius 2 is 2.07 bits per heavy atom. The van der Waals surface area contributed by atoms with Crippen LogP contribution in [0.4, 0.5) is 0 Å². The zero-order chi connectivity index (χ0) is 10.1. The summed E-state index contributed by atoms with van der Waals surface area (Å²) in [7, 11) is 3.25. The number of fused-ring (bicyclic) bond motifs is 1. The first kappa shape index (κ1) is 9.40. The molecular weight excluding hydrogens is 246 g/mol. The molecule has 0 radical (unpaired) electrons. The van der Waals surface area contributed by atoms with Crippen LogP contribution in [-0.2, 0) is 0 Å². The number of benzene rings is 1. The molecule has 3 nitrogen and oxygen atoms in total. The molecule has 0 fully saturated rings. The SMILES string of the molecule is COc1cc2[nH]ccc2c(Br)c1OC. The maximum Gasteiger partial charge on any atom is 0.175 e. The van der Waals surface area contributed by atoms with Crippen LogP contribution < -0.4 is 9.47 Å². The van der Waals surface area contributed by atoms with E-state index in [4.69, 9.17) is 9.47 Å². The van der Waals surface area contributed by atoms with E-state index >= 15 is 0 Å². The van der Waals surface area contributed by atoms with E-state index in [1.54, 1.807) is 14.2 Å². The molecule has 0 bridgehead atoms. The molecule has 74 valence electrons. The van der Waals surface area contributed by atoms with Crippen LogP contribution in [0.2, 0.25) is 0 Å². The van der Waals surface area contributed by atoms with Crippen molar-refractivity contribution in [1.29, 1.82) is 0 Å². The Kier molecular flexibility index (Phi) is 2.37. The van der Waals surface area contributed by atoms with Gasteiger partial charge >= 0.3 is 0 Å². The monoisotopic (exact) mass is 255 g/mol. The van der Waals surface area contributed by atoms with E-state index < -0.39 is 0 Å². The molecule has 0 aliphatic heterocycles. The van der Waals surface area contributed by atoms with Crippen molar-refractivity contribution in [3.8, 4) is 11.5 Å². The summed E-state index contributed by atoms with van der Waals surface area (Å²) in [5.74, 6) is 1.44. The first-order chi connectivity index (χ1) is 6.77. The number of methoxy groups -OCH3 is 2. The van der Waals surface area contributed by atoms with E-state index in [-0.39, 0.29) is 0 Å². The van der Waals surface area contributed by atoms with Crippen molar-refractivity contribution in [3.63, 3.8) is 0 Å². The van der Waals surface area contributed by atoms with E-state index in [0.717, 1.165) is 21.1 Å². The van der Waals surface area contributed by atoms with E-state index in [1.165, 1.54) is 0 Å². The second-order valence-corrected chi connectivity index (χ2v) is 3.66. The van der Waals surface area contributed by atoms with Gasteiger partial charge in [-0.1, -0.05) is 0 Å². The van der Waals surface area contributed by atoms with E-state index in [9.17, 15) is 0 Å². The van der Waals surface area contributed by atoms with E-state index in [0.29, 0.717) is 5.75 Å². The summed E-state index contributed by atoms with van der Waals surface area (Å²) >= 11 is 3.49. The number of aromatic nitrogens is 1. The van der Waals surface area contributed by atoms with Gasteiger partial charge in [0.2, 0.25) is 0 Å². The highest BCUT2D eigenvalue weighted by Gasteiger charge is 2.12. The van der Waals surface area contributed by atoms with Gasteiger partial charge in [0, 0.05) is 17.6 Å². The van der Waals surface area contributed by atoms with Gasteiger partial charge in [0.25, 0.3) is 0 Å². The lowest BCUT2D eigenvalue weighted by atomic mass is 10.2. The molecule has 0 spiro atoms. The highest BCUT2D eigenvalue weighted by Crippen LogP contribution is 2.40. The minimum atomic E-state index is 0.717. The Labute approximate surface area is 90.1 Å². The number of hydrogen-bond acceptors (Lipinski definition) is 2.